The minimum absolute atomic E-state index is 0.0559. The third-order valence-electron chi connectivity index (χ3n) is 4.24. The fourth-order valence-electron chi connectivity index (χ4n) is 2.79. The van der Waals surface area contributed by atoms with Crippen molar-refractivity contribution in [2.45, 2.75) is 19.9 Å². The lowest BCUT2D eigenvalue weighted by atomic mass is 10.1. The van der Waals surface area contributed by atoms with Crippen LogP contribution in [0.15, 0.2) is 42.5 Å². The number of amides is 2. The molecule has 1 heterocycles. The Labute approximate surface area is 163 Å². The number of carbonyl (C=O) groups is 2. The third-order valence-corrected chi connectivity index (χ3v) is 4.49. The molecule has 0 spiro atoms. The van der Waals surface area contributed by atoms with E-state index in [1.807, 2.05) is 30.3 Å². The molecule has 2 aromatic carbocycles. The molecule has 3 rings (SSSR count). The van der Waals surface area contributed by atoms with Gasteiger partial charge in [0, 0.05) is 31.6 Å². The van der Waals surface area contributed by atoms with Gasteiger partial charge in [0.15, 0.2) is 11.5 Å². The number of nitrogens with one attached hydrogen (secondary N) is 1. The molecule has 2 amide bonds. The molecule has 0 fully saturated rings. The summed E-state index contributed by atoms with van der Waals surface area (Å²) in [7, 11) is 0. The van der Waals surface area contributed by atoms with E-state index in [4.69, 9.17) is 21.1 Å². The standard InChI is InChI=1S/C20H21ClN2O4/c1-14(24)23(12-16-4-7-18-19(10-16)27-13-26-18)9-8-22-20(25)11-15-2-5-17(21)6-3-15/h2-7,10H,8-9,11-13H2,1H3,(H,22,25). The molecule has 0 atom stereocenters. The summed E-state index contributed by atoms with van der Waals surface area (Å²) < 4.78 is 10.7. The SMILES string of the molecule is CC(=O)N(CCNC(=O)Cc1ccc(Cl)cc1)Cc1ccc2c(c1)OCO2. The van der Waals surface area contributed by atoms with Crippen molar-refractivity contribution in [1.82, 2.24) is 10.2 Å². The molecule has 7 heteroatoms. The highest BCUT2D eigenvalue weighted by molar-refractivity contribution is 6.30. The Morgan fingerprint density at radius 3 is 2.52 bits per heavy atom. The Morgan fingerprint density at radius 2 is 1.78 bits per heavy atom. The maximum absolute atomic E-state index is 12.1. The zero-order chi connectivity index (χ0) is 19.2. The van der Waals surface area contributed by atoms with E-state index >= 15 is 0 Å². The summed E-state index contributed by atoms with van der Waals surface area (Å²) in [6.45, 7) is 2.99. The van der Waals surface area contributed by atoms with Crippen LogP contribution in [0.2, 0.25) is 5.02 Å². The molecule has 0 aliphatic carbocycles. The van der Waals surface area contributed by atoms with Crippen molar-refractivity contribution in [1.29, 1.82) is 0 Å². The molecule has 0 radical (unpaired) electrons. The summed E-state index contributed by atoms with van der Waals surface area (Å²) >= 11 is 5.84. The van der Waals surface area contributed by atoms with E-state index in [0.29, 0.717) is 36.2 Å². The molecular formula is C20H21ClN2O4. The average Bonchev–Trinajstić information content (AvgIpc) is 3.10. The lowest BCUT2D eigenvalue weighted by molar-refractivity contribution is -0.130. The van der Waals surface area contributed by atoms with Crippen LogP contribution < -0.4 is 14.8 Å². The lowest BCUT2D eigenvalue weighted by Crippen LogP contribution is -2.37. The number of nitrogens with zero attached hydrogens (tertiary/aromatic N) is 1. The number of ether oxygens (including phenoxy) is 2. The summed E-state index contributed by atoms with van der Waals surface area (Å²) in [4.78, 5) is 25.7. The number of hydrogen-bond donors (Lipinski definition) is 1. The van der Waals surface area contributed by atoms with Crippen molar-refractivity contribution in [3.05, 3.63) is 58.6 Å². The molecule has 0 saturated carbocycles. The zero-order valence-electron chi connectivity index (χ0n) is 15.0. The predicted molar refractivity (Wildman–Crippen MR) is 102 cm³/mol. The zero-order valence-corrected chi connectivity index (χ0v) is 15.8. The van der Waals surface area contributed by atoms with Crippen molar-refractivity contribution in [2.75, 3.05) is 19.9 Å². The Kier molecular flexibility index (Phi) is 6.19. The Hall–Kier alpha value is -2.73. The van der Waals surface area contributed by atoms with Crippen LogP contribution in [0.1, 0.15) is 18.1 Å². The van der Waals surface area contributed by atoms with Crippen molar-refractivity contribution in [3.63, 3.8) is 0 Å². The summed E-state index contributed by atoms with van der Waals surface area (Å²) in [6, 6.07) is 12.8. The molecule has 0 unspecified atom stereocenters. The summed E-state index contributed by atoms with van der Waals surface area (Å²) in [5.41, 5.74) is 1.84. The largest absolute Gasteiger partial charge is 0.454 e. The lowest BCUT2D eigenvalue weighted by Gasteiger charge is -2.21. The quantitative estimate of drug-likeness (QED) is 0.792. The van der Waals surface area contributed by atoms with E-state index in [0.717, 1.165) is 11.1 Å². The number of benzene rings is 2. The van der Waals surface area contributed by atoms with Crippen LogP contribution in [0.25, 0.3) is 0 Å². The maximum atomic E-state index is 12.1. The monoisotopic (exact) mass is 388 g/mol. The van der Waals surface area contributed by atoms with Crippen LogP contribution in [-0.2, 0) is 22.6 Å². The van der Waals surface area contributed by atoms with Gasteiger partial charge in [0.1, 0.15) is 0 Å². The topological polar surface area (TPSA) is 67.9 Å². The van der Waals surface area contributed by atoms with Crippen LogP contribution >= 0.6 is 11.6 Å². The van der Waals surface area contributed by atoms with Crippen molar-refractivity contribution < 1.29 is 19.1 Å². The van der Waals surface area contributed by atoms with Crippen molar-refractivity contribution in [2.24, 2.45) is 0 Å². The summed E-state index contributed by atoms with van der Waals surface area (Å²) in [5.74, 6) is 1.25. The fourth-order valence-corrected chi connectivity index (χ4v) is 2.91. The van der Waals surface area contributed by atoms with Gasteiger partial charge >= 0.3 is 0 Å². The number of carbonyl (C=O) groups excluding carboxylic acids is 2. The molecule has 142 valence electrons. The molecule has 1 N–H and O–H groups in total. The first kappa shape index (κ1) is 19.0. The van der Waals surface area contributed by atoms with Crippen LogP contribution in [-0.4, -0.2) is 36.6 Å². The molecule has 27 heavy (non-hydrogen) atoms. The Bertz CT molecular complexity index is 823. The third kappa shape index (κ3) is 5.37. The van der Waals surface area contributed by atoms with Gasteiger partial charge in [-0.1, -0.05) is 29.8 Å². The highest BCUT2D eigenvalue weighted by Gasteiger charge is 2.16. The van der Waals surface area contributed by atoms with Crippen molar-refractivity contribution >= 4 is 23.4 Å². The van der Waals surface area contributed by atoms with Crippen LogP contribution in [0.3, 0.4) is 0 Å². The van der Waals surface area contributed by atoms with Crippen LogP contribution in [0.4, 0.5) is 0 Å². The average molecular weight is 389 g/mol. The van der Waals surface area contributed by atoms with Gasteiger partial charge < -0.3 is 19.7 Å². The number of fused-ring (bicyclic) bond motifs is 1. The van der Waals surface area contributed by atoms with Gasteiger partial charge in [-0.15, -0.1) is 0 Å². The first-order valence-electron chi connectivity index (χ1n) is 8.66. The molecule has 2 aromatic rings. The number of halogens is 1. The van der Waals surface area contributed by atoms with Gasteiger partial charge in [0.05, 0.1) is 6.42 Å². The summed E-state index contributed by atoms with van der Waals surface area (Å²) in [5, 5.41) is 3.49. The maximum Gasteiger partial charge on any atom is 0.231 e. The Balaban J connectivity index is 1.49. The van der Waals surface area contributed by atoms with Gasteiger partial charge in [0.25, 0.3) is 0 Å². The highest BCUT2D eigenvalue weighted by Crippen LogP contribution is 2.32. The van der Waals surface area contributed by atoms with E-state index in [1.54, 1.807) is 17.0 Å². The molecule has 1 aliphatic rings. The molecule has 0 aromatic heterocycles. The molecule has 6 nitrogen and oxygen atoms in total. The van der Waals surface area contributed by atoms with Crippen LogP contribution in [0, 0.1) is 0 Å². The molecule has 0 saturated heterocycles. The minimum atomic E-state index is -0.0936. The normalized spacial score (nSPS) is 11.9. The van der Waals surface area contributed by atoms with E-state index in [1.165, 1.54) is 6.92 Å². The van der Waals surface area contributed by atoms with Crippen molar-refractivity contribution in [3.8, 4) is 11.5 Å². The van der Waals surface area contributed by atoms with Gasteiger partial charge in [-0.2, -0.15) is 0 Å². The van der Waals surface area contributed by atoms with E-state index in [9.17, 15) is 9.59 Å². The minimum Gasteiger partial charge on any atom is -0.454 e. The number of rotatable bonds is 7. The van der Waals surface area contributed by atoms with Gasteiger partial charge in [-0.3, -0.25) is 9.59 Å². The molecule has 1 aliphatic heterocycles. The summed E-state index contributed by atoms with van der Waals surface area (Å²) in [6.07, 6.45) is 0.277. The second-order valence-corrected chi connectivity index (χ2v) is 6.72. The molecule has 0 bridgehead atoms. The van der Waals surface area contributed by atoms with Gasteiger partial charge in [-0.25, -0.2) is 0 Å². The van der Waals surface area contributed by atoms with Gasteiger partial charge in [0.2, 0.25) is 18.6 Å². The van der Waals surface area contributed by atoms with E-state index < -0.39 is 0 Å². The first-order chi connectivity index (χ1) is 13.0. The Morgan fingerprint density at radius 1 is 1.07 bits per heavy atom. The smallest absolute Gasteiger partial charge is 0.231 e. The second-order valence-electron chi connectivity index (χ2n) is 6.28. The van der Waals surface area contributed by atoms with E-state index in [-0.39, 0.29) is 25.0 Å². The predicted octanol–water partition coefficient (Wildman–Crippen LogP) is 2.78. The number of hydrogen-bond acceptors (Lipinski definition) is 4. The second kappa shape index (κ2) is 8.77. The first-order valence-corrected chi connectivity index (χ1v) is 9.04. The fraction of sp³-hybridized carbons (Fsp3) is 0.300. The van der Waals surface area contributed by atoms with E-state index in [2.05, 4.69) is 5.32 Å². The van der Waals surface area contributed by atoms with Crippen LogP contribution in [0.5, 0.6) is 11.5 Å². The highest BCUT2D eigenvalue weighted by atomic mass is 35.5. The molecular weight excluding hydrogens is 368 g/mol. The van der Waals surface area contributed by atoms with Gasteiger partial charge in [-0.05, 0) is 35.4 Å².